The molecule has 0 aliphatic carbocycles. The molecule has 3 aromatic heterocycles. The molecule has 1 amide bonds. The van der Waals surface area contributed by atoms with Gasteiger partial charge in [0.25, 0.3) is 5.91 Å². The lowest BCUT2D eigenvalue weighted by Crippen LogP contribution is -2.10. The van der Waals surface area contributed by atoms with Crippen molar-refractivity contribution in [2.45, 2.75) is 20.4 Å². The normalized spacial score (nSPS) is 11.7. The molecule has 32 heavy (non-hydrogen) atoms. The van der Waals surface area contributed by atoms with E-state index in [9.17, 15) is 4.79 Å². The molecule has 0 saturated heterocycles. The molecule has 0 aliphatic rings. The minimum absolute atomic E-state index is 0.246. The van der Waals surface area contributed by atoms with E-state index in [2.05, 4.69) is 52.1 Å². The third-order valence-corrected chi connectivity index (χ3v) is 6.03. The van der Waals surface area contributed by atoms with E-state index in [1.54, 1.807) is 6.07 Å². The average molecular weight is 419 g/mol. The number of carbonyl (C=O) groups is 1. The third-order valence-electron chi connectivity index (χ3n) is 6.03. The number of pyridine rings is 1. The molecule has 0 spiro atoms. The summed E-state index contributed by atoms with van der Waals surface area (Å²) in [5.41, 5.74) is 5.54. The van der Waals surface area contributed by atoms with Crippen molar-refractivity contribution in [1.82, 2.24) is 9.55 Å². The summed E-state index contributed by atoms with van der Waals surface area (Å²) < 4.78 is 8.09. The Morgan fingerprint density at radius 3 is 2.66 bits per heavy atom. The number of nitrogens with zero attached hydrogens (tertiary/aromatic N) is 2. The second-order valence-electron chi connectivity index (χ2n) is 8.14. The van der Waals surface area contributed by atoms with Crippen molar-refractivity contribution < 1.29 is 9.21 Å². The van der Waals surface area contributed by atoms with E-state index in [-0.39, 0.29) is 11.7 Å². The number of amides is 1. The van der Waals surface area contributed by atoms with Gasteiger partial charge in [-0.3, -0.25) is 4.79 Å². The van der Waals surface area contributed by atoms with Crippen LogP contribution < -0.4 is 5.32 Å². The molecule has 0 unspecified atom stereocenters. The molecule has 0 saturated carbocycles. The van der Waals surface area contributed by atoms with Crippen LogP contribution in [0.5, 0.6) is 0 Å². The maximum Gasteiger partial charge on any atom is 0.291 e. The zero-order valence-electron chi connectivity index (χ0n) is 17.8. The molecule has 6 aromatic rings. The number of benzene rings is 3. The first-order chi connectivity index (χ1) is 15.6. The Kier molecular flexibility index (Phi) is 4.05. The van der Waals surface area contributed by atoms with E-state index in [4.69, 9.17) is 4.42 Å². The van der Waals surface area contributed by atoms with Crippen molar-refractivity contribution in [2.75, 3.05) is 5.32 Å². The monoisotopic (exact) mass is 419 g/mol. The Bertz CT molecular complexity index is 1670. The molecule has 0 atom stereocenters. The summed E-state index contributed by atoms with van der Waals surface area (Å²) in [6.07, 6.45) is 0. The van der Waals surface area contributed by atoms with Gasteiger partial charge in [0.1, 0.15) is 0 Å². The zero-order chi connectivity index (χ0) is 21.8. The fraction of sp³-hybridized carbons (Fsp3) is 0.111. The summed E-state index contributed by atoms with van der Waals surface area (Å²) >= 11 is 0. The smallest absolute Gasteiger partial charge is 0.291 e. The van der Waals surface area contributed by atoms with Crippen LogP contribution in [0.1, 0.15) is 23.0 Å². The van der Waals surface area contributed by atoms with Crippen molar-refractivity contribution in [1.29, 1.82) is 0 Å². The second kappa shape index (κ2) is 6.95. The zero-order valence-corrected chi connectivity index (χ0v) is 17.8. The van der Waals surface area contributed by atoms with E-state index >= 15 is 0 Å². The van der Waals surface area contributed by atoms with Crippen LogP contribution in [0.4, 0.5) is 5.69 Å². The molecule has 6 rings (SSSR count). The van der Waals surface area contributed by atoms with Gasteiger partial charge in [-0.25, -0.2) is 4.98 Å². The molecule has 156 valence electrons. The van der Waals surface area contributed by atoms with Gasteiger partial charge in [0, 0.05) is 44.8 Å². The van der Waals surface area contributed by atoms with Crippen molar-refractivity contribution >= 4 is 55.4 Å². The first kappa shape index (κ1) is 18.6. The quantitative estimate of drug-likeness (QED) is 0.348. The first-order valence-electron chi connectivity index (χ1n) is 10.7. The van der Waals surface area contributed by atoms with E-state index in [1.807, 2.05) is 43.3 Å². The Balaban J connectivity index is 1.38. The molecule has 0 aliphatic heterocycles. The number of rotatable bonds is 3. The average Bonchev–Trinajstić information content (AvgIpc) is 3.35. The fourth-order valence-electron chi connectivity index (χ4n) is 4.51. The van der Waals surface area contributed by atoms with Crippen LogP contribution >= 0.6 is 0 Å². The highest BCUT2D eigenvalue weighted by molar-refractivity contribution is 6.11. The van der Waals surface area contributed by atoms with Gasteiger partial charge in [0.2, 0.25) is 5.71 Å². The van der Waals surface area contributed by atoms with Crippen molar-refractivity contribution in [2.24, 2.45) is 0 Å². The van der Waals surface area contributed by atoms with Gasteiger partial charge in [-0.2, -0.15) is 0 Å². The molecular formula is C27H21N3O2. The maximum atomic E-state index is 13.0. The highest BCUT2D eigenvalue weighted by Crippen LogP contribution is 2.31. The lowest BCUT2D eigenvalue weighted by Gasteiger charge is -2.05. The van der Waals surface area contributed by atoms with Gasteiger partial charge >= 0.3 is 0 Å². The van der Waals surface area contributed by atoms with Gasteiger partial charge < -0.3 is 14.3 Å². The Hall–Kier alpha value is -4.12. The number of hydrogen-bond donors (Lipinski definition) is 1. The van der Waals surface area contributed by atoms with E-state index in [0.717, 1.165) is 45.0 Å². The van der Waals surface area contributed by atoms with Crippen LogP contribution in [0.25, 0.3) is 43.8 Å². The SMILES string of the molecule is CCn1c2ccccc2c2cc(NC(=O)c3cc4cc5ccc(C)cc5nc4o3)ccc21. The van der Waals surface area contributed by atoms with Crippen LogP contribution in [0.3, 0.4) is 0 Å². The van der Waals surface area contributed by atoms with E-state index in [1.165, 1.54) is 10.9 Å². The number of fused-ring (bicyclic) bond motifs is 5. The summed E-state index contributed by atoms with van der Waals surface area (Å²) in [4.78, 5) is 17.5. The van der Waals surface area contributed by atoms with Gasteiger partial charge in [-0.05, 0) is 61.9 Å². The summed E-state index contributed by atoms with van der Waals surface area (Å²) in [5.74, 6) is -0.0440. The predicted octanol–water partition coefficient (Wildman–Crippen LogP) is 6.67. The van der Waals surface area contributed by atoms with Crippen LogP contribution in [0.2, 0.25) is 0 Å². The molecule has 5 heteroatoms. The molecule has 3 aromatic carbocycles. The number of carbonyl (C=O) groups excluding carboxylic acids is 1. The number of aryl methyl sites for hydroxylation is 2. The number of nitrogens with one attached hydrogen (secondary N) is 1. The molecule has 1 N–H and O–H groups in total. The molecule has 0 bridgehead atoms. The number of aromatic nitrogens is 2. The van der Waals surface area contributed by atoms with Crippen LogP contribution in [0.15, 0.2) is 77.2 Å². The fourth-order valence-corrected chi connectivity index (χ4v) is 4.51. The largest absolute Gasteiger partial charge is 0.433 e. The number of para-hydroxylation sites is 1. The Labute approximate surface area is 184 Å². The third kappa shape index (κ3) is 2.86. The molecular weight excluding hydrogens is 398 g/mol. The van der Waals surface area contributed by atoms with Crippen molar-refractivity contribution in [3.8, 4) is 0 Å². The second-order valence-corrected chi connectivity index (χ2v) is 8.14. The molecule has 0 radical (unpaired) electrons. The van der Waals surface area contributed by atoms with Gasteiger partial charge in [0.15, 0.2) is 5.76 Å². The summed E-state index contributed by atoms with van der Waals surface area (Å²) in [5, 5.41) is 7.11. The molecule has 0 fully saturated rings. The van der Waals surface area contributed by atoms with Crippen LogP contribution in [0, 0.1) is 6.92 Å². The highest BCUT2D eigenvalue weighted by atomic mass is 16.4. The minimum Gasteiger partial charge on any atom is -0.433 e. The van der Waals surface area contributed by atoms with Crippen LogP contribution in [-0.2, 0) is 6.54 Å². The lowest BCUT2D eigenvalue weighted by atomic mass is 10.1. The van der Waals surface area contributed by atoms with Gasteiger partial charge in [-0.15, -0.1) is 0 Å². The van der Waals surface area contributed by atoms with Gasteiger partial charge in [-0.1, -0.05) is 30.3 Å². The number of hydrogen-bond acceptors (Lipinski definition) is 3. The topological polar surface area (TPSA) is 60.1 Å². The molecule has 3 heterocycles. The van der Waals surface area contributed by atoms with E-state index in [0.29, 0.717) is 5.71 Å². The number of furan rings is 1. The summed E-state index contributed by atoms with van der Waals surface area (Å²) in [6, 6.07) is 24.2. The summed E-state index contributed by atoms with van der Waals surface area (Å²) in [6.45, 7) is 5.05. The van der Waals surface area contributed by atoms with Gasteiger partial charge in [0.05, 0.1) is 5.52 Å². The number of anilines is 1. The molecule has 5 nitrogen and oxygen atoms in total. The maximum absolute atomic E-state index is 13.0. The minimum atomic E-state index is -0.290. The predicted molar refractivity (Wildman–Crippen MR) is 129 cm³/mol. The van der Waals surface area contributed by atoms with E-state index < -0.39 is 0 Å². The lowest BCUT2D eigenvalue weighted by molar-refractivity contribution is 0.0998. The first-order valence-corrected chi connectivity index (χ1v) is 10.7. The Morgan fingerprint density at radius 1 is 0.938 bits per heavy atom. The summed E-state index contributed by atoms with van der Waals surface area (Å²) in [7, 11) is 0. The van der Waals surface area contributed by atoms with Crippen molar-refractivity contribution in [3.63, 3.8) is 0 Å². The van der Waals surface area contributed by atoms with Crippen LogP contribution in [-0.4, -0.2) is 15.5 Å². The highest BCUT2D eigenvalue weighted by Gasteiger charge is 2.16. The standard InChI is InChI=1S/C27H21N3O2/c1-3-30-23-7-5-4-6-20(23)21-15-19(10-11-24(21)30)28-26(31)25-14-18-13-17-9-8-16(2)12-22(17)29-27(18)32-25/h4-15H,3H2,1-2H3,(H,28,31). The Morgan fingerprint density at radius 2 is 1.78 bits per heavy atom. The van der Waals surface area contributed by atoms with Crippen molar-refractivity contribution in [3.05, 3.63) is 84.1 Å².